The number of aryl methyl sites for hydroxylation is 1. The second-order valence-electron chi connectivity index (χ2n) is 3.94. The number of fused-ring (bicyclic) bond motifs is 1. The van der Waals surface area contributed by atoms with Crippen molar-refractivity contribution < 1.29 is 4.42 Å². The molecule has 4 heteroatoms. The van der Waals surface area contributed by atoms with E-state index in [9.17, 15) is 0 Å². The Kier molecular flexibility index (Phi) is 2.31. The molecule has 0 atom stereocenters. The van der Waals surface area contributed by atoms with Crippen LogP contribution in [0, 0.1) is 18.3 Å². The van der Waals surface area contributed by atoms with Gasteiger partial charge in [0.15, 0.2) is 0 Å². The van der Waals surface area contributed by atoms with Crippen LogP contribution in [0.2, 0.25) is 0 Å². The minimum absolute atomic E-state index is 0.364. The molecule has 4 nitrogen and oxygen atoms in total. The molecule has 3 rings (SSSR count). The highest BCUT2D eigenvalue weighted by Gasteiger charge is 2.10. The van der Waals surface area contributed by atoms with Gasteiger partial charge in [0.25, 0.3) is 0 Å². The molecule has 0 bridgehead atoms. The summed E-state index contributed by atoms with van der Waals surface area (Å²) in [5, 5.41) is 9.92. The molecule has 0 unspecified atom stereocenters. The molecule has 0 aliphatic heterocycles. The van der Waals surface area contributed by atoms with E-state index in [4.69, 9.17) is 9.68 Å². The van der Waals surface area contributed by atoms with Crippen LogP contribution in [0.15, 0.2) is 41.0 Å². The molecular formula is C14H9N3O. The van der Waals surface area contributed by atoms with Crippen LogP contribution in [0.5, 0.6) is 0 Å². The molecule has 0 fully saturated rings. The second-order valence-corrected chi connectivity index (χ2v) is 3.94. The smallest absolute Gasteiger partial charge is 0.144 e. The van der Waals surface area contributed by atoms with Crippen molar-refractivity contribution in [2.45, 2.75) is 6.92 Å². The largest absolute Gasteiger partial charge is 0.464 e. The minimum atomic E-state index is 0.364. The van der Waals surface area contributed by atoms with Crippen molar-refractivity contribution in [2.24, 2.45) is 0 Å². The van der Waals surface area contributed by atoms with Crippen molar-refractivity contribution in [3.05, 3.63) is 48.1 Å². The van der Waals surface area contributed by atoms with Crippen molar-refractivity contribution in [1.82, 2.24) is 9.97 Å². The van der Waals surface area contributed by atoms with E-state index in [1.165, 1.54) is 0 Å². The van der Waals surface area contributed by atoms with Gasteiger partial charge in [-0.3, -0.25) is 0 Å². The van der Waals surface area contributed by atoms with Crippen LogP contribution in [-0.2, 0) is 0 Å². The molecule has 0 N–H and O–H groups in total. The first-order valence-electron chi connectivity index (χ1n) is 5.50. The summed E-state index contributed by atoms with van der Waals surface area (Å²) in [5.74, 6) is 0.578. The summed E-state index contributed by atoms with van der Waals surface area (Å²) >= 11 is 0. The highest BCUT2D eigenvalue weighted by molar-refractivity contribution is 5.92. The number of nitrogens with zero attached hydrogens (tertiary/aromatic N) is 3. The highest BCUT2D eigenvalue weighted by Crippen LogP contribution is 2.29. The Morgan fingerprint density at radius 1 is 1.22 bits per heavy atom. The molecule has 18 heavy (non-hydrogen) atoms. The molecule has 0 saturated heterocycles. The zero-order chi connectivity index (χ0) is 12.5. The third-order valence-corrected chi connectivity index (χ3v) is 2.71. The lowest BCUT2D eigenvalue weighted by molar-refractivity contribution is 0.616. The predicted octanol–water partition coefficient (Wildman–Crippen LogP) is 3.07. The molecule has 2 aromatic heterocycles. The Labute approximate surface area is 104 Å². The molecule has 1 aromatic carbocycles. The van der Waals surface area contributed by atoms with Gasteiger partial charge in [-0.05, 0) is 13.0 Å². The number of hydrogen-bond acceptors (Lipinski definition) is 4. The lowest BCUT2D eigenvalue weighted by atomic mass is 10.1. The first-order chi connectivity index (χ1) is 8.78. The fraction of sp³-hybridized carbons (Fsp3) is 0.0714. The summed E-state index contributed by atoms with van der Waals surface area (Å²) in [7, 11) is 0. The van der Waals surface area contributed by atoms with Gasteiger partial charge in [-0.1, -0.05) is 18.2 Å². The first-order valence-corrected chi connectivity index (χ1v) is 5.50. The van der Waals surface area contributed by atoms with Gasteiger partial charge in [0.05, 0.1) is 5.69 Å². The molecule has 0 aliphatic rings. The normalized spacial score (nSPS) is 10.4. The maximum atomic E-state index is 8.93. The van der Waals surface area contributed by atoms with Crippen LogP contribution in [0.4, 0.5) is 0 Å². The van der Waals surface area contributed by atoms with Crippen molar-refractivity contribution in [3.8, 4) is 17.3 Å². The summed E-state index contributed by atoms with van der Waals surface area (Å²) in [6, 6.07) is 11.4. The van der Waals surface area contributed by atoms with Crippen LogP contribution in [0.3, 0.4) is 0 Å². The Morgan fingerprint density at radius 3 is 2.89 bits per heavy atom. The van der Waals surface area contributed by atoms with Crippen LogP contribution in [-0.4, -0.2) is 9.97 Å². The lowest BCUT2D eigenvalue weighted by Crippen LogP contribution is -1.94. The molecular weight excluding hydrogens is 226 g/mol. The molecule has 2 heterocycles. The quantitative estimate of drug-likeness (QED) is 0.650. The Bertz CT molecular complexity index is 768. The van der Waals surface area contributed by atoms with Crippen LogP contribution in [0.25, 0.3) is 22.2 Å². The highest BCUT2D eigenvalue weighted by atomic mass is 16.3. The third-order valence-electron chi connectivity index (χ3n) is 2.71. The predicted molar refractivity (Wildman–Crippen MR) is 66.7 cm³/mol. The second kappa shape index (κ2) is 3.97. The van der Waals surface area contributed by atoms with Crippen molar-refractivity contribution in [1.29, 1.82) is 5.26 Å². The molecule has 3 aromatic rings. The van der Waals surface area contributed by atoms with Gasteiger partial charge < -0.3 is 4.42 Å². The number of nitriles is 1. The topological polar surface area (TPSA) is 62.7 Å². The maximum Gasteiger partial charge on any atom is 0.144 e. The first kappa shape index (κ1) is 10.5. The van der Waals surface area contributed by atoms with E-state index < -0.39 is 0 Å². The fourth-order valence-electron chi connectivity index (χ4n) is 1.94. The average molecular weight is 235 g/mol. The van der Waals surface area contributed by atoms with Crippen LogP contribution >= 0.6 is 0 Å². The SMILES string of the molecule is Cc1nc(C#N)cc(-c2coc3ccccc23)n1. The minimum Gasteiger partial charge on any atom is -0.464 e. The summed E-state index contributed by atoms with van der Waals surface area (Å²) in [6.45, 7) is 1.77. The van der Waals surface area contributed by atoms with Gasteiger partial charge in [-0.25, -0.2) is 9.97 Å². The summed E-state index contributed by atoms with van der Waals surface area (Å²) in [4.78, 5) is 8.39. The van der Waals surface area contributed by atoms with Gasteiger partial charge >= 0.3 is 0 Å². The Balaban J connectivity index is 2.27. The van der Waals surface area contributed by atoms with Gasteiger partial charge in [0.2, 0.25) is 0 Å². The summed E-state index contributed by atoms with van der Waals surface area (Å²) in [6.07, 6.45) is 1.66. The molecule has 0 saturated carbocycles. The lowest BCUT2D eigenvalue weighted by Gasteiger charge is -2.00. The fourth-order valence-corrected chi connectivity index (χ4v) is 1.94. The molecule has 0 spiro atoms. The number of para-hydroxylation sites is 1. The number of hydrogen-bond donors (Lipinski definition) is 0. The Hall–Kier alpha value is -2.67. The van der Waals surface area contributed by atoms with E-state index >= 15 is 0 Å². The monoisotopic (exact) mass is 235 g/mol. The molecule has 0 amide bonds. The average Bonchev–Trinajstić information content (AvgIpc) is 2.81. The molecule has 0 radical (unpaired) electrons. The van der Waals surface area contributed by atoms with Crippen LogP contribution in [0.1, 0.15) is 11.5 Å². The zero-order valence-corrected chi connectivity index (χ0v) is 9.71. The zero-order valence-electron chi connectivity index (χ0n) is 9.71. The number of furan rings is 1. The van der Waals surface area contributed by atoms with E-state index in [0.29, 0.717) is 17.2 Å². The molecule has 86 valence electrons. The number of aromatic nitrogens is 2. The van der Waals surface area contributed by atoms with E-state index in [-0.39, 0.29) is 0 Å². The standard InChI is InChI=1S/C14H9N3O/c1-9-16-10(7-15)6-13(17-9)12-8-18-14-5-3-2-4-11(12)14/h2-6,8H,1H3. The number of rotatable bonds is 1. The summed E-state index contributed by atoms with van der Waals surface area (Å²) in [5.41, 5.74) is 2.77. The van der Waals surface area contributed by atoms with E-state index in [1.54, 1.807) is 19.3 Å². The van der Waals surface area contributed by atoms with Gasteiger partial charge in [-0.2, -0.15) is 5.26 Å². The van der Waals surface area contributed by atoms with Gasteiger partial charge in [0.1, 0.15) is 29.4 Å². The van der Waals surface area contributed by atoms with Gasteiger partial charge in [-0.15, -0.1) is 0 Å². The van der Waals surface area contributed by atoms with Gasteiger partial charge in [0, 0.05) is 17.0 Å². The van der Waals surface area contributed by atoms with E-state index in [2.05, 4.69) is 9.97 Å². The summed E-state index contributed by atoms with van der Waals surface area (Å²) < 4.78 is 5.47. The maximum absolute atomic E-state index is 8.93. The number of benzene rings is 1. The van der Waals surface area contributed by atoms with Crippen molar-refractivity contribution in [2.75, 3.05) is 0 Å². The van der Waals surface area contributed by atoms with Crippen LogP contribution < -0.4 is 0 Å². The van der Waals surface area contributed by atoms with E-state index in [1.807, 2.05) is 30.3 Å². The third kappa shape index (κ3) is 1.62. The van der Waals surface area contributed by atoms with Crippen molar-refractivity contribution >= 4 is 11.0 Å². The Morgan fingerprint density at radius 2 is 2.06 bits per heavy atom. The van der Waals surface area contributed by atoms with E-state index in [0.717, 1.165) is 16.5 Å². The van der Waals surface area contributed by atoms with Crippen molar-refractivity contribution in [3.63, 3.8) is 0 Å². The molecule has 0 aliphatic carbocycles.